The van der Waals surface area contributed by atoms with Crippen LogP contribution in [0.3, 0.4) is 0 Å². The van der Waals surface area contributed by atoms with Crippen LogP contribution in [0.2, 0.25) is 0 Å². The third-order valence-electron chi connectivity index (χ3n) is 3.53. The van der Waals surface area contributed by atoms with Gasteiger partial charge in [-0.1, -0.05) is 0 Å². The number of carboxylic acids is 1. The highest BCUT2D eigenvalue weighted by Gasteiger charge is 2.22. The lowest BCUT2D eigenvalue weighted by molar-refractivity contribution is -0.137. The molecule has 0 saturated carbocycles. The number of halogens is 1. The predicted octanol–water partition coefficient (Wildman–Crippen LogP) is 2.45. The van der Waals surface area contributed by atoms with Gasteiger partial charge in [-0.15, -0.1) is 0 Å². The van der Waals surface area contributed by atoms with Crippen LogP contribution in [0.5, 0.6) is 5.75 Å². The molecule has 1 fully saturated rings. The summed E-state index contributed by atoms with van der Waals surface area (Å²) in [6.07, 6.45) is 2.13. The molecule has 0 radical (unpaired) electrons. The molecule has 110 valence electrons. The number of likely N-dealkylation sites (tertiary alicyclic amines) is 1. The Morgan fingerprint density at radius 2 is 2.35 bits per heavy atom. The van der Waals surface area contributed by atoms with Crippen molar-refractivity contribution < 1.29 is 19.0 Å². The molecule has 1 unspecified atom stereocenters. The number of piperidine rings is 1. The molecule has 1 aromatic carbocycles. The van der Waals surface area contributed by atoms with E-state index >= 15 is 0 Å². The third kappa shape index (κ3) is 4.20. The van der Waals surface area contributed by atoms with Crippen LogP contribution < -0.4 is 4.74 Å². The Morgan fingerprint density at radius 3 is 3.05 bits per heavy atom. The van der Waals surface area contributed by atoms with Gasteiger partial charge in [0.25, 0.3) is 0 Å². The quantitative estimate of drug-likeness (QED) is 0.900. The smallest absolute Gasteiger partial charge is 0.304 e. The molecule has 1 heterocycles. The molecular weight excluding hydrogens is 261 g/mol. The van der Waals surface area contributed by atoms with Crippen molar-refractivity contribution in [1.82, 2.24) is 4.90 Å². The molecule has 4 nitrogen and oxygen atoms in total. The predicted molar refractivity (Wildman–Crippen MR) is 73.5 cm³/mol. The van der Waals surface area contributed by atoms with E-state index in [1.54, 1.807) is 6.07 Å². The van der Waals surface area contributed by atoms with Crippen LogP contribution in [0.4, 0.5) is 4.39 Å². The molecule has 1 aliphatic heterocycles. The Morgan fingerprint density at radius 1 is 1.55 bits per heavy atom. The van der Waals surface area contributed by atoms with Gasteiger partial charge in [0.15, 0.2) is 0 Å². The van der Waals surface area contributed by atoms with Crippen molar-refractivity contribution >= 4 is 5.97 Å². The minimum atomic E-state index is -0.776. The van der Waals surface area contributed by atoms with Crippen LogP contribution in [0.1, 0.15) is 24.8 Å². The van der Waals surface area contributed by atoms with E-state index in [-0.39, 0.29) is 18.3 Å². The monoisotopic (exact) mass is 281 g/mol. The van der Waals surface area contributed by atoms with Crippen LogP contribution in [-0.4, -0.2) is 41.7 Å². The second kappa shape index (κ2) is 6.70. The molecule has 20 heavy (non-hydrogen) atoms. The van der Waals surface area contributed by atoms with E-state index in [0.717, 1.165) is 31.5 Å². The molecule has 1 saturated heterocycles. The Bertz CT molecular complexity index is 478. The number of carboxylic acid groups (broad SMARTS) is 1. The Labute approximate surface area is 118 Å². The molecule has 0 amide bonds. The van der Waals surface area contributed by atoms with Gasteiger partial charge in [-0.3, -0.25) is 9.69 Å². The first-order chi connectivity index (χ1) is 9.54. The van der Waals surface area contributed by atoms with Crippen molar-refractivity contribution in [3.8, 4) is 5.75 Å². The minimum absolute atomic E-state index is 0.0432. The zero-order chi connectivity index (χ0) is 14.5. The molecule has 1 aromatic rings. The van der Waals surface area contributed by atoms with Gasteiger partial charge in [-0.2, -0.15) is 0 Å². The molecular formula is C15H20FNO3. The van der Waals surface area contributed by atoms with Crippen molar-refractivity contribution in [2.24, 2.45) is 0 Å². The average Bonchev–Trinajstić information content (AvgIpc) is 2.40. The SMILES string of the molecule is Cc1cc(F)ccc1OC1CCCN(CCC(=O)O)C1. The third-order valence-corrected chi connectivity index (χ3v) is 3.53. The Hall–Kier alpha value is -1.62. The maximum atomic E-state index is 13.0. The lowest BCUT2D eigenvalue weighted by Crippen LogP contribution is -2.42. The first-order valence-electron chi connectivity index (χ1n) is 6.91. The number of aryl methyl sites for hydroxylation is 1. The number of ether oxygens (including phenoxy) is 1. The normalized spacial score (nSPS) is 19.8. The lowest BCUT2D eigenvalue weighted by atomic mass is 10.1. The van der Waals surface area contributed by atoms with Crippen molar-refractivity contribution in [2.75, 3.05) is 19.6 Å². The summed E-state index contributed by atoms with van der Waals surface area (Å²) < 4.78 is 19.0. The number of hydrogen-bond acceptors (Lipinski definition) is 3. The minimum Gasteiger partial charge on any atom is -0.489 e. The van der Waals surface area contributed by atoms with Gasteiger partial charge in [-0.05, 0) is 50.1 Å². The van der Waals surface area contributed by atoms with Gasteiger partial charge >= 0.3 is 5.97 Å². The number of rotatable bonds is 5. The summed E-state index contributed by atoms with van der Waals surface area (Å²) in [5, 5.41) is 8.71. The van der Waals surface area contributed by atoms with E-state index in [0.29, 0.717) is 12.3 Å². The van der Waals surface area contributed by atoms with Crippen LogP contribution >= 0.6 is 0 Å². The molecule has 1 aliphatic rings. The fraction of sp³-hybridized carbons (Fsp3) is 0.533. The largest absolute Gasteiger partial charge is 0.489 e. The Balaban J connectivity index is 1.90. The molecule has 1 atom stereocenters. The van der Waals surface area contributed by atoms with Crippen molar-refractivity contribution in [3.63, 3.8) is 0 Å². The molecule has 0 bridgehead atoms. The first-order valence-corrected chi connectivity index (χ1v) is 6.91. The highest BCUT2D eigenvalue weighted by Crippen LogP contribution is 2.23. The molecule has 2 rings (SSSR count). The van der Waals surface area contributed by atoms with Gasteiger partial charge < -0.3 is 9.84 Å². The summed E-state index contributed by atoms with van der Waals surface area (Å²) in [6.45, 7) is 4.01. The van der Waals surface area contributed by atoms with Crippen LogP contribution in [0.15, 0.2) is 18.2 Å². The van der Waals surface area contributed by atoms with Gasteiger partial charge in [-0.25, -0.2) is 4.39 Å². The fourth-order valence-corrected chi connectivity index (χ4v) is 2.49. The first kappa shape index (κ1) is 14.8. The van der Waals surface area contributed by atoms with E-state index in [2.05, 4.69) is 4.90 Å². The summed E-state index contributed by atoms with van der Waals surface area (Å²) in [6, 6.07) is 4.51. The summed E-state index contributed by atoms with van der Waals surface area (Å²) in [5.74, 6) is -0.333. The van der Waals surface area contributed by atoms with Crippen LogP contribution in [0, 0.1) is 12.7 Å². The average molecular weight is 281 g/mol. The van der Waals surface area contributed by atoms with E-state index in [4.69, 9.17) is 9.84 Å². The second-order valence-corrected chi connectivity index (χ2v) is 5.24. The van der Waals surface area contributed by atoms with E-state index in [9.17, 15) is 9.18 Å². The molecule has 0 aliphatic carbocycles. The van der Waals surface area contributed by atoms with Crippen molar-refractivity contribution in [3.05, 3.63) is 29.6 Å². The van der Waals surface area contributed by atoms with Gasteiger partial charge in [0.05, 0.1) is 6.42 Å². The number of hydrogen-bond donors (Lipinski definition) is 1. The summed E-state index contributed by atoms with van der Waals surface area (Å²) in [7, 11) is 0. The van der Waals surface area contributed by atoms with E-state index in [1.165, 1.54) is 12.1 Å². The van der Waals surface area contributed by atoms with Gasteiger partial charge in [0, 0.05) is 13.1 Å². The fourth-order valence-electron chi connectivity index (χ4n) is 2.49. The zero-order valence-electron chi connectivity index (χ0n) is 11.6. The lowest BCUT2D eigenvalue weighted by Gasteiger charge is -2.32. The van der Waals surface area contributed by atoms with E-state index < -0.39 is 5.97 Å². The van der Waals surface area contributed by atoms with Gasteiger partial charge in [0.1, 0.15) is 17.7 Å². The highest BCUT2D eigenvalue weighted by molar-refractivity contribution is 5.66. The molecule has 5 heteroatoms. The van der Waals surface area contributed by atoms with E-state index in [1.807, 2.05) is 6.92 Å². The van der Waals surface area contributed by atoms with Crippen molar-refractivity contribution in [2.45, 2.75) is 32.3 Å². The van der Waals surface area contributed by atoms with Crippen molar-refractivity contribution in [1.29, 1.82) is 0 Å². The summed E-state index contributed by atoms with van der Waals surface area (Å²) in [5.41, 5.74) is 0.785. The van der Waals surface area contributed by atoms with Crippen LogP contribution in [0.25, 0.3) is 0 Å². The standard InChI is InChI=1S/C15H20FNO3/c1-11-9-12(16)4-5-14(11)20-13-3-2-7-17(10-13)8-6-15(18)19/h4-5,9,13H,2-3,6-8,10H2,1H3,(H,18,19). The number of nitrogens with zero attached hydrogens (tertiary/aromatic N) is 1. The maximum absolute atomic E-state index is 13.0. The molecule has 1 N–H and O–H groups in total. The topological polar surface area (TPSA) is 49.8 Å². The number of benzene rings is 1. The summed E-state index contributed by atoms with van der Waals surface area (Å²) >= 11 is 0. The highest BCUT2D eigenvalue weighted by atomic mass is 19.1. The van der Waals surface area contributed by atoms with Gasteiger partial charge in [0.2, 0.25) is 0 Å². The zero-order valence-corrected chi connectivity index (χ0v) is 11.6. The molecule has 0 spiro atoms. The number of aliphatic carboxylic acids is 1. The summed E-state index contributed by atoms with van der Waals surface area (Å²) in [4.78, 5) is 12.7. The number of carbonyl (C=O) groups is 1. The maximum Gasteiger partial charge on any atom is 0.304 e. The second-order valence-electron chi connectivity index (χ2n) is 5.24. The van der Waals surface area contributed by atoms with Crippen LogP contribution in [-0.2, 0) is 4.79 Å². The molecule has 0 aromatic heterocycles. The Kier molecular flexibility index (Phi) is 4.95.